The molecule has 1 heterocycles. The van der Waals surface area contributed by atoms with Crippen LogP contribution in [0, 0.1) is 18.3 Å². The number of nitrogens with zero attached hydrogens (tertiary/aromatic N) is 4. The van der Waals surface area contributed by atoms with Gasteiger partial charge in [-0.3, -0.25) is 4.79 Å². The lowest BCUT2D eigenvalue weighted by atomic mass is 10.4. The summed E-state index contributed by atoms with van der Waals surface area (Å²) < 4.78 is 1.78. The Labute approximate surface area is 81.6 Å². The molecule has 0 unspecified atom stereocenters. The van der Waals surface area contributed by atoms with E-state index in [0.29, 0.717) is 12.4 Å². The van der Waals surface area contributed by atoms with Crippen molar-refractivity contribution in [2.75, 3.05) is 0 Å². The lowest BCUT2D eigenvalue weighted by Crippen LogP contribution is -2.23. The van der Waals surface area contributed by atoms with Crippen molar-refractivity contribution in [2.24, 2.45) is 7.05 Å². The third-order valence-electron chi connectivity index (χ3n) is 1.87. The number of aryl methyl sites for hydroxylation is 1. The van der Waals surface area contributed by atoms with Crippen LogP contribution in [-0.4, -0.2) is 20.7 Å². The van der Waals surface area contributed by atoms with Crippen molar-refractivity contribution in [2.45, 2.75) is 19.9 Å². The fourth-order valence-corrected chi connectivity index (χ4v) is 0.917. The average Bonchev–Trinajstić information content (AvgIpc) is 2.46. The van der Waals surface area contributed by atoms with E-state index in [0.717, 1.165) is 5.82 Å². The van der Waals surface area contributed by atoms with Crippen LogP contribution in [0.25, 0.3) is 0 Å². The molecule has 0 atom stereocenters. The Morgan fingerprint density at radius 3 is 2.86 bits per heavy atom. The van der Waals surface area contributed by atoms with E-state index in [1.807, 2.05) is 14.0 Å². The molecule has 6 nitrogen and oxygen atoms in total. The molecule has 0 saturated heterocycles. The number of hydrogen-bond acceptors (Lipinski definition) is 4. The summed E-state index contributed by atoms with van der Waals surface area (Å²) in [6, 6.07) is 1.77. The normalized spacial score (nSPS) is 9.50. The number of carbonyl (C=O) groups excluding carboxylic acids is 1. The summed E-state index contributed by atoms with van der Waals surface area (Å²) in [6.07, 6.45) is -0.128. The highest BCUT2D eigenvalue weighted by Gasteiger charge is 2.06. The minimum Gasteiger partial charge on any atom is -0.348 e. The van der Waals surface area contributed by atoms with Crippen molar-refractivity contribution in [3.8, 4) is 6.07 Å². The molecular formula is C8H11N5O. The maximum absolute atomic E-state index is 10.9. The molecule has 74 valence electrons. The molecule has 1 N–H and O–H groups in total. The van der Waals surface area contributed by atoms with Gasteiger partial charge < -0.3 is 9.88 Å². The SMILES string of the molecule is Cc1nnc(CNC(=O)CC#N)n1C. The number of amides is 1. The van der Waals surface area contributed by atoms with Crippen molar-refractivity contribution in [1.82, 2.24) is 20.1 Å². The first-order valence-corrected chi connectivity index (χ1v) is 4.13. The van der Waals surface area contributed by atoms with Gasteiger partial charge in [0.05, 0.1) is 12.6 Å². The molecule has 1 aromatic rings. The monoisotopic (exact) mass is 193 g/mol. The lowest BCUT2D eigenvalue weighted by molar-refractivity contribution is -0.120. The molecule has 0 fully saturated rings. The topological polar surface area (TPSA) is 83.6 Å². The molecule has 0 aliphatic rings. The number of nitriles is 1. The lowest BCUT2D eigenvalue weighted by Gasteiger charge is -2.02. The summed E-state index contributed by atoms with van der Waals surface area (Å²) >= 11 is 0. The van der Waals surface area contributed by atoms with E-state index in [1.54, 1.807) is 10.6 Å². The zero-order valence-corrected chi connectivity index (χ0v) is 8.11. The van der Waals surface area contributed by atoms with Gasteiger partial charge in [0.15, 0.2) is 5.82 Å². The predicted octanol–water partition coefficient (Wildman–Crippen LogP) is -0.347. The first kappa shape index (κ1) is 10.2. The zero-order valence-electron chi connectivity index (χ0n) is 8.11. The third-order valence-corrected chi connectivity index (χ3v) is 1.87. The number of carbonyl (C=O) groups is 1. The van der Waals surface area contributed by atoms with Crippen LogP contribution in [-0.2, 0) is 18.4 Å². The summed E-state index contributed by atoms with van der Waals surface area (Å²) in [7, 11) is 1.82. The Morgan fingerprint density at radius 2 is 2.36 bits per heavy atom. The first-order valence-electron chi connectivity index (χ1n) is 4.13. The molecule has 0 aliphatic heterocycles. The Balaban J connectivity index is 2.51. The second-order valence-corrected chi connectivity index (χ2v) is 2.83. The summed E-state index contributed by atoms with van der Waals surface area (Å²) in [5.74, 6) is 1.16. The van der Waals surface area contributed by atoms with Crippen LogP contribution in [0.5, 0.6) is 0 Å². The predicted molar refractivity (Wildman–Crippen MR) is 47.8 cm³/mol. The maximum atomic E-state index is 10.9. The Kier molecular flexibility index (Phi) is 3.18. The molecule has 1 aromatic heterocycles. The Morgan fingerprint density at radius 1 is 1.64 bits per heavy atom. The Hall–Kier alpha value is -1.90. The van der Waals surface area contributed by atoms with Crippen molar-refractivity contribution < 1.29 is 4.79 Å². The van der Waals surface area contributed by atoms with Gasteiger partial charge in [0.2, 0.25) is 5.91 Å². The molecule has 1 rings (SSSR count). The van der Waals surface area contributed by atoms with E-state index in [2.05, 4.69) is 15.5 Å². The van der Waals surface area contributed by atoms with Gasteiger partial charge in [0.1, 0.15) is 12.2 Å². The van der Waals surface area contributed by atoms with E-state index >= 15 is 0 Å². The van der Waals surface area contributed by atoms with Crippen molar-refractivity contribution in [3.63, 3.8) is 0 Å². The van der Waals surface area contributed by atoms with Gasteiger partial charge in [0.25, 0.3) is 0 Å². The molecule has 1 amide bonds. The van der Waals surface area contributed by atoms with Gasteiger partial charge in [-0.05, 0) is 6.92 Å². The standard InChI is InChI=1S/C8H11N5O/c1-6-11-12-7(13(6)2)5-10-8(14)3-4-9/h3,5H2,1-2H3,(H,10,14). The van der Waals surface area contributed by atoms with E-state index < -0.39 is 0 Å². The summed E-state index contributed by atoms with van der Waals surface area (Å²) in [4.78, 5) is 10.9. The molecule has 0 aliphatic carbocycles. The third kappa shape index (κ3) is 2.29. The van der Waals surface area contributed by atoms with E-state index in [1.165, 1.54) is 0 Å². The van der Waals surface area contributed by atoms with Gasteiger partial charge in [-0.2, -0.15) is 5.26 Å². The van der Waals surface area contributed by atoms with Gasteiger partial charge in [-0.25, -0.2) is 0 Å². The highest BCUT2D eigenvalue weighted by molar-refractivity contribution is 5.77. The average molecular weight is 193 g/mol. The van der Waals surface area contributed by atoms with Crippen LogP contribution in [0.4, 0.5) is 0 Å². The minimum atomic E-state index is -0.298. The number of hydrogen-bond donors (Lipinski definition) is 1. The van der Waals surface area contributed by atoms with E-state index in [9.17, 15) is 4.79 Å². The fraction of sp³-hybridized carbons (Fsp3) is 0.500. The molecule has 0 radical (unpaired) electrons. The first-order chi connectivity index (χ1) is 6.65. The molecule has 0 spiro atoms. The summed E-state index contributed by atoms with van der Waals surface area (Å²) in [6.45, 7) is 2.13. The van der Waals surface area contributed by atoms with Crippen LogP contribution in [0.1, 0.15) is 18.1 Å². The number of aromatic nitrogens is 3. The van der Waals surface area contributed by atoms with Crippen LogP contribution >= 0.6 is 0 Å². The van der Waals surface area contributed by atoms with Crippen LogP contribution in [0.15, 0.2) is 0 Å². The van der Waals surface area contributed by atoms with Crippen molar-refractivity contribution >= 4 is 5.91 Å². The van der Waals surface area contributed by atoms with E-state index in [-0.39, 0.29) is 12.3 Å². The minimum absolute atomic E-state index is 0.128. The van der Waals surface area contributed by atoms with Gasteiger partial charge in [0, 0.05) is 7.05 Å². The molecule has 14 heavy (non-hydrogen) atoms. The Bertz CT molecular complexity index is 376. The molecule has 6 heteroatoms. The zero-order chi connectivity index (χ0) is 10.6. The largest absolute Gasteiger partial charge is 0.348 e. The summed E-state index contributed by atoms with van der Waals surface area (Å²) in [5, 5.41) is 18.5. The van der Waals surface area contributed by atoms with E-state index in [4.69, 9.17) is 5.26 Å². The molecule has 0 aromatic carbocycles. The van der Waals surface area contributed by atoms with Gasteiger partial charge in [-0.15, -0.1) is 10.2 Å². The highest BCUT2D eigenvalue weighted by Crippen LogP contribution is 1.96. The smallest absolute Gasteiger partial charge is 0.234 e. The molecular weight excluding hydrogens is 182 g/mol. The molecule has 0 saturated carbocycles. The van der Waals surface area contributed by atoms with Gasteiger partial charge >= 0.3 is 0 Å². The highest BCUT2D eigenvalue weighted by atomic mass is 16.1. The van der Waals surface area contributed by atoms with Gasteiger partial charge in [-0.1, -0.05) is 0 Å². The number of nitrogens with one attached hydrogen (secondary N) is 1. The maximum Gasteiger partial charge on any atom is 0.234 e. The second kappa shape index (κ2) is 4.37. The quantitative estimate of drug-likeness (QED) is 0.711. The van der Waals surface area contributed by atoms with Crippen molar-refractivity contribution in [1.29, 1.82) is 5.26 Å². The van der Waals surface area contributed by atoms with Crippen LogP contribution in [0.2, 0.25) is 0 Å². The van der Waals surface area contributed by atoms with Crippen molar-refractivity contribution in [3.05, 3.63) is 11.6 Å². The number of rotatable bonds is 3. The van der Waals surface area contributed by atoms with Crippen LogP contribution < -0.4 is 5.32 Å². The van der Waals surface area contributed by atoms with Crippen LogP contribution in [0.3, 0.4) is 0 Å². The fourth-order valence-electron chi connectivity index (χ4n) is 0.917. The summed E-state index contributed by atoms with van der Waals surface area (Å²) in [5.41, 5.74) is 0. The molecule has 0 bridgehead atoms. The second-order valence-electron chi connectivity index (χ2n) is 2.83.